The molecular formula is C92H147N6O19+. The van der Waals surface area contributed by atoms with Gasteiger partial charge in [0.2, 0.25) is 17.7 Å². The number of aliphatic hydroxyl groups is 4. The van der Waals surface area contributed by atoms with Crippen LogP contribution in [0.2, 0.25) is 0 Å². The number of nitrogens with two attached hydrogens (primary N) is 1. The first-order chi connectivity index (χ1) is 54.7. The zero-order valence-electron chi connectivity index (χ0n) is 74.9. The van der Waals surface area contributed by atoms with Crippen LogP contribution < -0.4 is 21.3 Å². The summed E-state index contributed by atoms with van der Waals surface area (Å²) < 4.78 is 21.9. The molecule has 9 N–H and O–H groups in total. The molecule has 0 aliphatic carbocycles. The number of ether oxygens (including phenoxy) is 4. The van der Waals surface area contributed by atoms with E-state index in [0.29, 0.717) is 106 Å². The highest BCUT2D eigenvalue weighted by Crippen LogP contribution is 2.41. The van der Waals surface area contributed by atoms with E-state index in [2.05, 4.69) is 135 Å². The molecule has 0 aliphatic heterocycles. The first-order valence-corrected chi connectivity index (χ1v) is 42.0. The third-order valence-electron chi connectivity index (χ3n) is 23.6. The molecular weight excluding hydrogens is 1490 g/mol. The Balaban J connectivity index is 0.000000603. The fraction of sp³-hybridized carbons (Fsp3) is 0.641. The molecule has 0 heterocycles. The maximum atomic E-state index is 13.3. The number of carboxylic acid groups (broad SMARTS) is 2. The third-order valence-corrected chi connectivity index (χ3v) is 23.6. The number of aliphatic hydroxyl groups excluding tert-OH is 4. The molecule has 4 rings (SSSR count). The molecule has 117 heavy (non-hydrogen) atoms. The average Bonchev–Trinajstić information content (AvgIpc) is 0.832. The summed E-state index contributed by atoms with van der Waals surface area (Å²) in [6.07, 6.45) is 4.43. The summed E-state index contributed by atoms with van der Waals surface area (Å²) >= 11 is 0. The van der Waals surface area contributed by atoms with Crippen LogP contribution >= 0.6 is 0 Å². The predicted octanol–water partition coefficient (Wildman–Crippen LogP) is 8.74. The van der Waals surface area contributed by atoms with E-state index in [-0.39, 0.29) is 85.5 Å². The Labute approximate surface area is 698 Å². The largest absolute Gasteiger partial charge is 0.545 e. The minimum Gasteiger partial charge on any atom is -0.545 e. The van der Waals surface area contributed by atoms with Gasteiger partial charge in [-0.1, -0.05) is 162 Å². The van der Waals surface area contributed by atoms with Crippen molar-refractivity contribution < 1.29 is 108 Å². The molecule has 25 heteroatoms. The molecule has 3 amide bonds. The van der Waals surface area contributed by atoms with Gasteiger partial charge in [0.25, 0.3) is 0 Å². The summed E-state index contributed by atoms with van der Waals surface area (Å²) in [6, 6.07) is 28.3. The number of likely N-dealkylation sites (N-methyl/N-ethyl adjacent to an activating group) is 1. The van der Waals surface area contributed by atoms with Gasteiger partial charge in [-0.05, 0) is 184 Å². The number of benzene rings is 4. The van der Waals surface area contributed by atoms with E-state index in [4.69, 9.17) is 18.9 Å². The normalized spacial score (nSPS) is 16.1. The Morgan fingerprint density at radius 1 is 0.453 bits per heavy atom. The summed E-state index contributed by atoms with van der Waals surface area (Å²) in [5, 5.41) is 64.3. The van der Waals surface area contributed by atoms with Crippen molar-refractivity contribution in [1.29, 1.82) is 0 Å². The number of amides is 3. The summed E-state index contributed by atoms with van der Waals surface area (Å²) in [7, 11) is 14.2. The number of esters is 4. The second kappa shape index (κ2) is 50.7. The first kappa shape index (κ1) is 105. The van der Waals surface area contributed by atoms with Crippen molar-refractivity contribution in [3.8, 4) is 0 Å². The van der Waals surface area contributed by atoms with Gasteiger partial charge in [-0.2, -0.15) is 0 Å². The van der Waals surface area contributed by atoms with Crippen molar-refractivity contribution in [2.45, 2.75) is 235 Å². The van der Waals surface area contributed by atoms with Crippen LogP contribution in [0.3, 0.4) is 0 Å². The van der Waals surface area contributed by atoms with E-state index < -0.39 is 94.3 Å². The molecule has 15 unspecified atom stereocenters. The molecule has 0 fully saturated rings. The van der Waals surface area contributed by atoms with Gasteiger partial charge in [0.15, 0.2) is 6.67 Å². The van der Waals surface area contributed by atoms with Gasteiger partial charge in [-0.25, -0.2) is 4.79 Å². The molecule has 0 radical (unpaired) electrons. The Morgan fingerprint density at radius 3 is 1.06 bits per heavy atom. The van der Waals surface area contributed by atoms with Crippen LogP contribution in [0.15, 0.2) is 91.0 Å². The van der Waals surface area contributed by atoms with E-state index in [1.807, 2.05) is 60.1 Å². The summed E-state index contributed by atoms with van der Waals surface area (Å²) in [5.74, 6) is -5.39. The SMILES string of the molecule is CCC(C)c1cccc(C(C)CC(CC(C)(CC)C(=O)OCC(O)COC(=O)c2ccc(C(=O)[O-])cc2C(=O)[O-])C(=O)N(C)C)c1.CCC(C)c1cccc(C(C)CC(CC(C)(CC)C(=O)OCC(O)C[N+](C)(C)CCO)C(=O)N(C)C)c1.CCC(C)c1cccc(C(C)CC(CC(C)(CC)C(=O)OCC(O)C[NH2+]C[NH3+])C(=O)N(C)C)c1. The Morgan fingerprint density at radius 2 is 0.769 bits per heavy atom. The lowest BCUT2D eigenvalue weighted by Crippen LogP contribution is -2.96. The number of carboxylic acids is 2. The zero-order chi connectivity index (χ0) is 89.0. The van der Waals surface area contributed by atoms with Crippen LogP contribution in [0.5, 0.6) is 0 Å². The van der Waals surface area contributed by atoms with E-state index in [1.54, 1.807) is 59.0 Å². The Hall–Kier alpha value is -8.17. The molecule has 0 bridgehead atoms. The number of carbonyl (C=O) groups is 9. The zero-order valence-corrected chi connectivity index (χ0v) is 74.9. The highest BCUT2D eigenvalue weighted by Gasteiger charge is 2.43. The molecule has 0 saturated carbocycles. The minimum absolute atomic E-state index is 0.0143. The number of nitrogens with zero attached hydrogens (tertiary/aromatic N) is 4. The van der Waals surface area contributed by atoms with E-state index in [0.717, 1.165) is 37.0 Å². The lowest BCUT2D eigenvalue weighted by molar-refractivity contribution is -0.893. The number of hydrogen-bond donors (Lipinski definition) is 6. The maximum absolute atomic E-state index is 13.3. The maximum Gasteiger partial charge on any atom is 0.338 e. The molecule has 658 valence electrons. The number of carbonyl (C=O) groups excluding carboxylic acids is 9. The van der Waals surface area contributed by atoms with Gasteiger partial charge in [-0.3, -0.25) is 34.1 Å². The van der Waals surface area contributed by atoms with E-state index >= 15 is 0 Å². The van der Waals surface area contributed by atoms with Crippen molar-refractivity contribution in [2.24, 2.45) is 34.0 Å². The summed E-state index contributed by atoms with van der Waals surface area (Å²) in [5.41, 5.74) is 6.76. The second-order valence-corrected chi connectivity index (χ2v) is 34.6. The molecule has 0 aliphatic rings. The lowest BCUT2D eigenvalue weighted by atomic mass is 9.75. The molecule has 4 aromatic rings. The molecule has 0 spiro atoms. The Bertz CT molecular complexity index is 3770. The highest BCUT2D eigenvalue weighted by atomic mass is 16.6. The quantitative estimate of drug-likeness (QED) is 0.0104. The lowest BCUT2D eigenvalue weighted by Gasteiger charge is -2.33. The number of hydrogen-bond acceptors (Lipinski definition) is 19. The van der Waals surface area contributed by atoms with Gasteiger partial charge >= 0.3 is 23.9 Å². The van der Waals surface area contributed by atoms with Crippen LogP contribution in [0, 0.1) is 34.0 Å². The Kier molecular flexibility index (Phi) is 45.4. The van der Waals surface area contributed by atoms with Crippen LogP contribution in [0.25, 0.3) is 0 Å². The van der Waals surface area contributed by atoms with Crippen LogP contribution in [-0.4, -0.2) is 227 Å². The highest BCUT2D eigenvalue weighted by molar-refractivity contribution is 6.03. The monoisotopic (exact) mass is 1640 g/mol. The smallest absolute Gasteiger partial charge is 0.338 e. The predicted molar refractivity (Wildman–Crippen MR) is 450 cm³/mol. The van der Waals surface area contributed by atoms with E-state index in [9.17, 15) is 73.8 Å². The summed E-state index contributed by atoms with van der Waals surface area (Å²) in [6.45, 7) is 31.3. The van der Waals surface area contributed by atoms with Gasteiger partial charge < -0.3 is 84.1 Å². The standard InChI is InChI=1S/C35H47NO10.C30H53N2O5.C27H47N3O4/c1-8-21(3)23-11-10-12-24(16-23)22(4)15-26(30(38)36(6)7)18-35(5,9-2)34(44)46-20-27(37)19-45-33(43)28-14-13-25(31(39)40)17-29(28)32(41)42;1-10-22(3)24-13-12-14-25(18-24)23(4)17-26(28(35)31(6)7)19-30(5,11-2)29(36)37-21-27(34)20-32(8,9)15-16-33;1-8-19(3)21-11-10-12-22(14-21)20(4)13-23(25(32)30(6)7)15-27(5,9-2)26(33)34-17-24(31)16-29-18-28/h10-14,16-17,21-22,26-27,37H,8-9,15,18-20H2,1-7H3,(H,39,40)(H,41,42);12-14,18,22-23,26-27,33-34H,10-11,15-17,19-21H2,1-9H3;10-12,14,19-20,23-24,29,31H,8-9,13,15-18,28H2,1-7H3/q;+1;. The second-order valence-electron chi connectivity index (χ2n) is 34.6. The van der Waals surface area contributed by atoms with Crippen LogP contribution in [0.4, 0.5) is 0 Å². The fourth-order valence-corrected chi connectivity index (χ4v) is 14.3. The van der Waals surface area contributed by atoms with E-state index in [1.165, 1.54) is 32.7 Å². The van der Waals surface area contributed by atoms with Gasteiger partial charge in [0, 0.05) is 65.6 Å². The minimum atomic E-state index is -1.80. The summed E-state index contributed by atoms with van der Waals surface area (Å²) in [4.78, 5) is 119. The van der Waals surface area contributed by atoms with Crippen molar-refractivity contribution >= 4 is 53.5 Å². The van der Waals surface area contributed by atoms with Gasteiger partial charge in [0.1, 0.15) is 64.4 Å². The number of aromatic carboxylic acids is 2. The van der Waals surface area contributed by atoms with Crippen molar-refractivity contribution in [3.63, 3.8) is 0 Å². The molecule has 0 saturated heterocycles. The first-order valence-electron chi connectivity index (χ1n) is 42.0. The van der Waals surface area contributed by atoms with Crippen LogP contribution in [0.1, 0.15) is 281 Å². The molecule has 25 nitrogen and oxygen atoms in total. The van der Waals surface area contributed by atoms with Crippen molar-refractivity contribution in [1.82, 2.24) is 14.7 Å². The van der Waals surface area contributed by atoms with Crippen molar-refractivity contribution in [3.05, 3.63) is 141 Å². The topological polar surface area (TPSA) is 372 Å². The molecule has 0 aromatic heterocycles. The molecule has 15 atom stereocenters. The molecule has 4 aromatic carbocycles. The fourth-order valence-electron chi connectivity index (χ4n) is 14.3. The van der Waals surface area contributed by atoms with Crippen molar-refractivity contribution in [2.75, 3.05) is 116 Å². The third kappa shape index (κ3) is 34.2. The average molecular weight is 1640 g/mol. The number of quaternary nitrogens is 3. The van der Waals surface area contributed by atoms with Gasteiger partial charge in [-0.15, -0.1) is 0 Å². The number of rotatable bonds is 48. The van der Waals surface area contributed by atoms with Gasteiger partial charge in [0.05, 0.1) is 54.4 Å². The van der Waals surface area contributed by atoms with Crippen LogP contribution in [-0.2, 0) is 47.7 Å².